The first-order valence-electron chi connectivity index (χ1n) is 11.8. The lowest BCUT2D eigenvalue weighted by molar-refractivity contribution is 0.660. The predicted octanol–water partition coefficient (Wildman–Crippen LogP) is 7.88. The summed E-state index contributed by atoms with van der Waals surface area (Å²) in [5, 5.41) is 4.17. The molecule has 0 radical (unpaired) electrons. The number of hydrogen-bond donors (Lipinski definition) is 0. The van der Waals surface area contributed by atoms with E-state index in [4.69, 9.17) is 4.98 Å². The Bertz CT molecular complexity index is 1360. The molecule has 0 unspecified atom stereocenters. The number of benzene rings is 3. The van der Waals surface area contributed by atoms with Crippen LogP contribution in [0.4, 0.5) is 0 Å². The van der Waals surface area contributed by atoms with Crippen molar-refractivity contribution >= 4 is 24.0 Å². The Labute approximate surface area is 193 Å². The van der Waals surface area contributed by atoms with Crippen LogP contribution in [0.25, 0.3) is 33.2 Å². The van der Waals surface area contributed by atoms with E-state index in [-0.39, 0.29) is 5.41 Å². The van der Waals surface area contributed by atoms with Crippen LogP contribution in [-0.4, -0.2) is 13.1 Å². The summed E-state index contributed by atoms with van der Waals surface area (Å²) in [5.74, 6) is 0.459. The third-order valence-electron chi connectivity index (χ3n) is 7.21. The standard InChI is InChI=1S/C30H33NSi/c1-19(2)26-17-21(16-20-10-8-9-11-23(20)26)29-28-25(14-15-31-29)24-13-12-22(32(5,6)7)18-27(24)30(28,3)4/h8-19H,1-7H3. The van der Waals surface area contributed by atoms with Crippen molar-refractivity contribution in [1.82, 2.24) is 4.98 Å². The first-order chi connectivity index (χ1) is 15.1. The van der Waals surface area contributed by atoms with Gasteiger partial charge in [-0.15, -0.1) is 0 Å². The van der Waals surface area contributed by atoms with Crippen LogP contribution in [0.5, 0.6) is 0 Å². The Balaban J connectivity index is 1.77. The highest BCUT2D eigenvalue weighted by Gasteiger charge is 2.39. The van der Waals surface area contributed by atoms with Gasteiger partial charge in [0.1, 0.15) is 0 Å². The zero-order valence-corrected chi connectivity index (χ0v) is 21.4. The van der Waals surface area contributed by atoms with Crippen LogP contribution in [-0.2, 0) is 5.41 Å². The number of hydrogen-bond acceptors (Lipinski definition) is 1. The second-order valence-corrected chi connectivity index (χ2v) is 16.2. The average molecular weight is 436 g/mol. The summed E-state index contributed by atoms with van der Waals surface area (Å²) in [6, 6.07) is 22.9. The van der Waals surface area contributed by atoms with E-state index in [1.165, 1.54) is 49.3 Å². The maximum atomic E-state index is 4.99. The molecular weight excluding hydrogens is 402 g/mol. The Kier molecular flexibility index (Phi) is 4.72. The van der Waals surface area contributed by atoms with E-state index >= 15 is 0 Å². The molecule has 2 heteroatoms. The van der Waals surface area contributed by atoms with Crippen LogP contribution in [0.3, 0.4) is 0 Å². The average Bonchev–Trinajstić information content (AvgIpc) is 2.99. The van der Waals surface area contributed by atoms with Crippen LogP contribution < -0.4 is 5.19 Å². The summed E-state index contributed by atoms with van der Waals surface area (Å²) < 4.78 is 0. The fraction of sp³-hybridized carbons (Fsp3) is 0.300. The van der Waals surface area contributed by atoms with Gasteiger partial charge in [-0.25, -0.2) is 0 Å². The van der Waals surface area contributed by atoms with Crippen molar-refractivity contribution in [1.29, 1.82) is 0 Å². The molecule has 0 amide bonds. The number of fused-ring (bicyclic) bond motifs is 4. The maximum absolute atomic E-state index is 4.99. The first-order valence-corrected chi connectivity index (χ1v) is 15.3. The zero-order chi connectivity index (χ0) is 22.8. The summed E-state index contributed by atoms with van der Waals surface area (Å²) in [7, 11) is -1.39. The molecule has 0 N–H and O–H groups in total. The quantitative estimate of drug-likeness (QED) is 0.298. The van der Waals surface area contributed by atoms with Crippen molar-refractivity contribution in [3.05, 3.63) is 83.6 Å². The van der Waals surface area contributed by atoms with E-state index in [0.717, 1.165) is 5.69 Å². The Hall–Kier alpha value is -2.71. The van der Waals surface area contributed by atoms with E-state index in [9.17, 15) is 0 Å². The van der Waals surface area contributed by atoms with Gasteiger partial charge in [0.2, 0.25) is 0 Å². The molecule has 1 heterocycles. The smallest absolute Gasteiger partial charge is 0.0776 e. The molecule has 0 saturated heterocycles. The molecule has 5 rings (SSSR count). The minimum absolute atomic E-state index is 0.0758. The molecule has 162 valence electrons. The van der Waals surface area contributed by atoms with E-state index in [2.05, 4.69) is 108 Å². The van der Waals surface area contributed by atoms with E-state index < -0.39 is 8.07 Å². The van der Waals surface area contributed by atoms with Gasteiger partial charge in [-0.2, -0.15) is 0 Å². The van der Waals surface area contributed by atoms with Crippen molar-refractivity contribution in [2.45, 2.75) is 58.7 Å². The number of aromatic nitrogens is 1. The lowest BCUT2D eigenvalue weighted by Gasteiger charge is -2.26. The Morgan fingerprint density at radius 2 is 1.59 bits per heavy atom. The molecule has 3 aromatic carbocycles. The van der Waals surface area contributed by atoms with Gasteiger partial charge in [-0.05, 0) is 62.7 Å². The van der Waals surface area contributed by atoms with Crippen LogP contribution >= 0.6 is 0 Å². The number of rotatable bonds is 3. The molecule has 0 spiro atoms. The highest BCUT2D eigenvalue weighted by molar-refractivity contribution is 6.88. The van der Waals surface area contributed by atoms with E-state index in [1.807, 2.05) is 6.20 Å². The van der Waals surface area contributed by atoms with E-state index in [1.54, 1.807) is 0 Å². The molecule has 0 fully saturated rings. The third-order valence-corrected chi connectivity index (χ3v) is 9.26. The van der Waals surface area contributed by atoms with Crippen molar-refractivity contribution in [2.75, 3.05) is 0 Å². The summed E-state index contributed by atoms with van der Waals surface area (Å²) in [6.45, 7) is 16.6. The first kappa shape index (κ1) is 21.1. The molecular formula is C30H33NSi. The summed E-state index contributed by atoms with van der Waals surface area (Å²) >= 11 is 0. The molecule has 4 aromatic rings. The second kappa shape index (κ2) is 7.15. The maximum Gasteiger partial charge on any atom is 0.0776 e. The second-order valence-electron chi connectivity index (χ2n) is 11.2. The third kappa shape index (κ3) is 3.16. The topological polar surface area (TPSA) is 12.9 Å². The van der Waals surface area contributed by atoms with Gasteiger partial charge in [-0.3, -0.25) is 4.98 Å². The van der Waals surface area contributed by atoms with Crippen molar-refractivity contribution in [3.8, 4) is 22.4 Å². The molecule has 0 saturated carbocycles. The van der Waals surface area contributed by atoms with Crippen LogP contribution in [0, 0.1) is 0 Å². The van der Waals surface area contributed by atoms with Crippen LogP contribution in [0.1, 0.15) is 50.3 Å². The SMILES string of the molecule is CC(C)c1cc(-c2nccc3c2C(C)(C)c2cc([Si](C)(C)C)ccc2-3)cc2ccccc12. The highest BCUT2D eigenvalue weighted by atomic mass is 28.3. The van der Waals surface area contributed by atoms with Gasteiger partial charge < -0.3 is 0 Å². The van der Waals surface area contributed by atoms with Crippen LogP contribution in [0.2, 0.25) is 19.6 Å². The van der Waals surface area contributed by atoms with Crippen LogP contribution in [0.15, 0.2) is 66.9 Å². The Morgan fingerprint density at radius 1 is 0.844 bits per heavy atom. The summed E-state index contributed by atoms with van der Waals surface area (Å²) in [5.41, 5.74) is 9.22. The van der Waals surface area contributed by atoms with Crippen molar-refractivity contribution < 1.29 is 0 Å². The van der Waals surface area contributed by atoms with Gasteiger partial charge in [0.15, 0.2) is 0 Å². The van der Waals surface area contributed by atoms with Crippen molar-refractivity contribution in [2.24, 2.45) is 0 Å². The predicted molar refractivity (Wildman–Crippen MR) is 142 cm³/mol. The molecule has 1 aliphatic carbocycles. The van der Waals surface area contributed by atoms with Gasteiger partial charge >= 0.3 is 0 Å². The molecule has 1 nitrogen and oxygen atoms in total. The minimum atomic E-state index is -1.39. The minimum Gasteiger partial charge on any atom is -0.256 e. The molecule has 1 aromatic heterocycles. The normalized spacial score (nSPS) is 14.6. The lowest BCUT2D eigenvalue weighted by atomic mass is 9.80. The molecule has 32 heavy (non-hydrogen) atoms. The summed E-state index contributed by atoms with van der Waals surface area (Å²) in [6.07, 6.45) is 2.00. The fourth-order valence-electron chi connectivity index (χ4n) is 5.39. The zero-order valence-electron chi connectivity index (χ0n) is 20.4. The fourth-order valence-corrected chi connectivity index (χ4v) is 6.55. The number of nitrogens with zero attached hydrogens (tertiary/aromatic N) is 1. The number of pyridine rings is 1. The van der Waals surface area contributed by atoms with Gasteiger partial charge in [0.05, 0.1) is 13.8 Å². The van der Waals surface area contributed by atoms with Gasteiger partial charge in [-0.1, -0.05) is 95.0 Å². The highest BCUT2D eigenvalue weighted by Crippen LogP contribution is 2.51. The Morgan fingerprint density at radius 3 is 2.31 bits per heavy atom. The summed E-state index contributed by atoms with van der Waals surface area (Å²) in [4.78, 5) is 4.99. The molecule has 0 atom stereocenters. The van der Waals surface area contributed by atoms with E-state index in [0.29, 0.717) is 5.92 Å². The van der Waals surface area contributed by atoms with Gasteiger partial charge in [0, 0.05) is 17.2 Å². The molecule has 0 aliphatic heterocycles. The lowest BCUT2D eigenvalue weighted by Crippen LogP contribution is -2.38. The largest absolute Gasteiger partial charge is 0.256 e. The molecule has 1 aliphatic rings. The van der Waals surface area contributed by atoms with Crippen molar-refractivity contribution in [3.63, 3.8) is 0 Å². The monoisotopic (exact) mass is 435 g/mol. The molecule has 0 bridgehead atoms. The van der Waals surface area contributed by atoms with Gasteiger partial charge in [0.25, 0.3) is 0 Å².